The van der Waals surface area contributed by atoms with Crippen molar-refractivity contribution in [2.75, 3.05) is 31.8 Å². The molecular weight excluding hydrogens is 456 g/mol. The minimum Gasteiger partial charge on any atom is -0.493 e. The zero-order chi connectivity index (χ0) is 24.7. The van der Waals surface area contributed by atoms with E-state index in [0.717, 1.165) is 16.8 Å². The van der Waals surface area contributed by atoms with Gasteiger partial charge in [-0.2, -0.15) is 0 Å². The van der Waals surface area contributed by atoms with Crippen molar-refractivity contribution in [2.24, 2.45) is 0 Å². The maximum absolute atomic E-state index is 13.2. The third-order valence-electron chi connectivity index (χ3n) is 5.28. The number of aryl methyl sites for hydroxylation is 1. The molecule has 0 spiro atoms. The number of carboxylic acid groups (broad SMARTS) is 1. The number of esters is 1. The zero-order valence-corrected chi connectivity index (χ0v) is 20.2. The summed E-state index contributed by atoms with van der Waals surface area (Å²) in [5, 5.41) is 12.5. The maximum Gasteiger partial charge on any atom is 0.338 e. The Morgan fingerprint density at radius 3 is 2.47 bits per heavy atom. The fraction of sp³-hybridized carbons (Fsp3) is 0.320. The summed E-state index contributed by atoms with van der Waals surface area (Å²) in [6.45, 7) is 4.33. The Hall–Kier alpha value is -3.43. The van der Waals surface area contributed by atoms with E-state index in [0.29, 0.717) is 28.7 Å². The predicted molar refractivity (Wildman–Crippen MR) is 132 cm³/mol. The van der Waals surface area contributed by atoms with E-state index in [1.807, 2.05) is 55.1 Å². The lowest BCUT2D eigenvalue weighted by atomic mass is 9.94. The van der Waals surface area contributed by atoms with Crippen molar-refractivity contribution < 1.29 is 28.9 Å². The van der Waals surface area contributed by atoms with Crippen LogP contribution in [0, 0.1) is 6.92 Å². The number of nitrogens with zero attached hydrogens (tertiary/aromatic N) is 1. The highest BCUT2D eigenvalue weighted by molar-refractivity contribution is 7.80. The Morgan fingerprint density at radius 2 is 1.82 bits per heavy atom. The van der Waals surface area contributed by atoms with E-state index in [2.05, 4.69) is 5.32 Å². The number of carbonyl (C=O) groups is 2. The Balaban J connectivity index is 1.94. The molecule has 0 aliphatic carbocycles. The average molecular weight is 485 g/mol. The summed E-state index contributed by atoms with van der Waals surface area (Å²) in [6, 6.07) is 14.4. The first kappa shape index (κ1) is 25.2. The second kappa shape index (κ2) is 11.6. The standard InChI is InChI=1S/C25H28N2O6S/c1-16-5-4-6-19(15-16)27-17(2)22(24(30)33-14-13-31-3)23(26-25(27)34)18-7-9-20(10-8-18)32-12-11-21(28)29/h4-10,15,23H,11-14H2,1-3H3,(H,26,34)(H,28,29)/t23-/m1/s1. The van der Waals surface area contributed by atoms with Gasteiger partial charge in [-0.05, 0) is 61.5 Å². The van der Waals surface area contributed by atoms with Gasteiger partial charge in [0.05, 0.1) is 31.2 Å². The minimum absolute atomic E-state index is 0.0714. The van der Waals surface area contributed by atoms with Crippen LogP contribution in [0.15, 0.2) is 59.8 Å². The summed E-state index contributed by atoms with van der Waals surface area (Å²) in [5.41, 5.74) is 3.81. The molecule has 2 aromatic rings. The molecule has 0 bridgehead atoms. The SMILES string of the molecule is COCCOC(=O)C1=C(C)N(c2cccc(C)c2)C(=S)N[C@@H]1c1ccc(OCCC(=O)O)cc1. The molecule has 34 heavy (non-hydrogen) atoms. The van der Waals surface area contributed by atoms with E-state index in [1.165, 1.54) is 0 Å². The van der Waals surface area contributed by atoms with Crippen LogP contribution in [-0.4, -0.2) is 49.1 Å². The van der Waals surface area contributed by atoms with Crippen LogP contribution in [0.4, 0.5) is 5.69 Å². The van der Waals surface area contributed by atoms with Crippen molar-refractivity contribution in [1.82, 2.24) is 5.32 Å². The van der Waals surface area contributed by atoms with E-state index in [-0.39, 0.29) is 19.6 Å². The van der Waals surface area contributed by atoms with Gasteiger partial charge in [-0.3, -0.25) is 9.69 Å². The van der Waals surface area contributed by atoms with Crippen molar-refractivity contribution in [1.29, 1.82) is 0 Å². The first-order chi connectivity index (χ1) is 16.3. The normalized spacial score (nSPS) is 15.7. The van der Waals surface area contributed by atoms with Gasteiger partial charge in [-0.15, -0.1) is 0 Å². The summed E-state index contributed by atoms with van der Waals surface area (Å²) in [5.74, 6) is -0.851. The number of hydrogen-bond acceptors (Lipinski definition) is 6. The third-order valence-corrected chi connectivity index (χ3v) is 5.58. The quantitative estimate of drug-likeness (QED) is 0.297. The number of anilines is 1. The van der Waals surface area contributed by atoms with Crippen LogP contribution >= 0.6 is 12.2 Å². The van der Waals surface area contributed by atoms with Crippen molar-refractivity contribution in [3.8, 4) is 5.75 Å². The molecule has 1 aliphatic heterocycles. The minimum atomic E-state index is -0.924. The van der Waals surface area contributed by atoms with E-state index >= 15 is 0 Å². The lowest BCUT2D eigenvalue weighted by Crippen LogP contribution is -2.48. The largest absolute Gasteiger partial charge is 0.493 e. The number of hydrogen-bond donors (Lipinski definition) is 2. The molecule has 180 valence electrons. The molecule has 2 N–H and O–H groups in total. The van der Waals surface area contributed by atoms with Gasteiger partial charge < -0.3 is 24.6 Å². The summed E-state index contributed by atoms with van der Waals surface area (Å²) in [4.78, 5) is 25.7. The topological polar surface area (TPSA) is 97.3 Å². The van der Waals surface area contributed by atoms with Crippen LogP contribution in [0.25, 0.3) is 0 Å². The first-order valence-electron chi connectivity index (χ1n) is 10.8. The zero-order valence-electron chi connectivity index (χ0n) is 19.4. The highest BCUT2D eigenvalue weighted by Gasteiger charge is 2.35. The van der Waals surface area contributed by atoms with Crippen LogP contribution in [0.1, 0.15) is 30.5 Å². The predicted octanol–water partition coefficient (Wildman–Crippen LogP) is 3.75. The number of benzene rings is 2. The first-order valence-corrected chi connectivity index (χ1v) is 11.2. The molecule has 8 nitrogen and oxygen atoms in total. The van der Waals surface area contributed by atoms with Gasteiger partial charge in [0.2, 0.25) is 0 Å². The number of methoxy groups -OCH3 is 1. The van der Waals surface area contributed by atoms with Gasteiger partial charge in [-0.25, -0.2) is 4.79 Å². The van der Waals surface area contributed by atoms with E-state index < -0.39 is 18.0 Å². The number of aliphatic carboxylic acids is 1. The summed E-state index contributed by atoms with van der Waals surface area (Å²) >= 11 is 5.69. The Kier molecular flexibility index (Phi) is 8.61. The molecule has 0 saturated heterocycles. The molecule has 0 fully saturated rings. The van der Waals surface area contributed by atoms with Crippen molar-refractivity contribution in [2.45, 2.75) is 26.3 Å². The molecular formula is C25H28N2O6S. The Labute approximate surface area is 204 Å². The molecule has 2 aromatic carbocycles. The average Bonchev–Trinajstić information content (AvgIpc) is 2.79. The molecule has 1 aliphatic rings. The van der Waals surface area contributed by atoms with E-state index in [9.17, 15) is 9.59 Å². The van der Waals surface area contributed by atoms with Gasteiger partial charge in [0, 0.05) is 18.5 Å². The fourth-order valence-electron chi connectivity index (χ4n) is 3.64. The number of carboxylic acids is 1. The van der Waals surface area contributed by atoms with Crippen molar-refractivity contribution in [3.63, 3.8) is 0 Å². The third kappa shape index (κ3) is 6.12. The van der Waals surface area contributed by atoms with E-state index in [1.54, 1.807) is 19.2 Å². The molecule has 1 atom stereocenters. The fourth-order valence-corrected chi connectivity index (χ4v) is 4.00. The van der Waals surface area contributed by atoms with Gasteiger partial charge in [0.1, 0.15) is 12.4 Å². The molecule has 3 rings (SSSR count). The van der Waals surface area contributed by atoms with Crippen LogP contribution in [0.2, 0.25) is 0 Å². The number of carbonyl (C=O) groups excluding carboxylic acids is 1. The summed E-state index contributed by atoms with van der Waals surface area (Å²) in [7, 11) is 1.54. The highest BCUT2D eigenvalue weighted by atomic mass is 32.1. The van der Waals surface area contributed by atoms with Gasteiger partial charge in [-0.1, -0.05) is 24.3 Å². The molecule has 9 heteroatoms. The monoisotopic (exact) mass is 484 g/mol. The molecule has 0 aromatic heterocycles. The smallest absolute Gasteiger partial charge is 0.338 e. The van der Waals surface area contributed by atoms with Gasteiger partial charge in [0.25, 0.3) is 0 Å². The Morgan fingerprint density at radius 1 is 1.09 bits per heavy atom. The van der Waals surface area contributed by atoms with Crippen molar-refractivity contribution in [3.05, 3.63) is 70.9 Å². The summed E-state index contributed by atoms with van der Waals surface area (Å²) in [6.07, 6.45) is -0.0889. The molecule has 0 unspecified atom stereocenters. The second-order valence-electron chi connectivity index (χ2n) is 7.75. The molecule has 0 radical (unpaired) electrons. The number of rotatable bonds is 10. The molecule has 1 heterocycles. The lowest BCUT2D eigenvalue weighted by Gasteiger charge is -2.37. The molecule has 0 saturated carbocycles. The van der Waals surface area contributed by atoms with Crippen molar-refractivity contribution >= 4 is 35.0 Å². The summed E-state index contributed by atoms with van der Waals surface area (Å²) < 4.78 is 16.0. The number of ether oxygens (including phenoxy) is 3. The molecule has 0 amide bonds. The van der Waals surface area contributed by atoms with E-state index in [4.69, 9.17) is 31.5 Å². The number of allylic oxidation sites excluding steroid dienone is 1. The van der Waals surface area contributed by atoms with Gasteiger partial charge >= 0.3 is 11.9 Å². The Bertz CT molecular complexity index is 1080. The highest BCUT2D eigenvalue weighted by Crippen LogP contribution is 2.35. The second-order valence-corrected chi connectivity index (χ2v) is 8.13. The number of nitrogens with one attached hydrogen (secondary N) is 1. The van der Waals surface area contributed by atoms with Crippen LogP contribution in [-0.2, 0) is 19.1 Å². The van der Waals surface area contributed by atoms with Crippen LogP contribution in [0.3, 0.4) is 0 Å². The maximum atomic E-state index is 13.2. The van der Waals surface area contributed by atoms with Crippen LogP contribution < -0.4 is 15.0 Å². The van der Waals surface area contributed by atoms with Gasteiger partial charge in [0.15, 0.2) is 5.11 Å². The van der Waals surface area contributed by atoms with Crippen LogP contribution in [0.5, 0.6) is 5.75 Å². The number of thiocarbonyl (C=S) groups is 1. The lowest BCUT2D eigenvalue weighted by molar-refractivity contribution is -0.141.